The number of aliphatic imine (C=N–C) groups is 2. The molecule has 4 atom stereocenters. The zero-order chi connectivity index (χ0) is 31.9. The second-order valence-electron chi connectivity index (χ2n) is 9.77. The number of nitrogens with two attached hydrogens (primary N) is 5. The summed E-state index contributed by atoms with van der Waals surface area (Å²) in [5.41, 5.74) is 28.4. The van der Waals surface area contributed by atoms with Crippen molar-refractivity contribution >= 4 is 46.5 Å². The monoisotopic (exact) mass is 603 g/mol. The number of aliphatic hydroxyl groups excluding tert-OH is 1. The maximum absolute atomic E-state index is 13.5. The second-order valence-corrected chi connectivity index (χ2v) is 9.77. The number of benzene rings is 1. The third-order valence-electron chi connectivity index (χ3n) is 6.40. The van der Waals surface area contributed by atoms with Crippen LogP contribution in [0.5, 0.6) is 0 Å². The Balaban J connectivity index is 2.30. The van der Waals surface area contributed by atoms with Crippen LogP contribution in [0.4, 0.5) is 0 Å². The minimum Gasteiger partial charge on any atom is -0.480 e. The summed E-state index contributed by atoms with van der Waals surface area (Å²) in [6.07, 6.45) is 2.32. The highest BCUT2D eigenvalue weighted by molar-refractivity contribution is 5.95. The molecule has 4 unspecified atom stereocenters. The van der Waals surface area contributed by atoms with Gasteiger partial charge in [0, 0.05) is 36.6 Å². The molecule has 0 aliphatic heterocycles. The first-order valence-corrected chi connectivity index (χ1v) is 13.6. The fourth-order valence-electron chi connectivity index (χ4n) is 4.17. The van der Waals surface area contributed by atoms with Crippen LogP contribution in [0.2, 0.25) is 0 Å². The van der Waals surface area contributed by atoms with Gasteiger partial charge in [0.25, 0.3) is 0 Å². The summed E-state index contributed by atoms with van der Waals surface area (Å²) in [4.78, 5) is 62.1. The normalized spacial score (nSPS) is 13.6. The quantitative estimate of drug-likeness (QED) is 0.0455. The minimum absolute atomic E-state index is 0.00720. The van der Waals surface area contributed by atoms with Gasteiger partial charge < -0.3 is 59.8 Å². The number of nitrogens with one attached hydrogen (secondary N) is 4. The number of carbonyl (C=O) groups excluding carboxylic acids is 3. The molecule has 17 heteroatoms. The fourth-order valence-corrected chi connectivity index (χ4v) is 4.17. The highest BCUT2D eigenvalue weighted by Crippen LogP contribution is 2.19. The van der Waals surface area contributed by atoms with Gasteiger partial charge in [0.1, 0.15) is 24.2 Å². The number of amides is 3. The van der Waals surface area contributed by atoms with E-state index in [4.69, 9.17) is 28.7 Å². The Morgan fingerprint density at radius 3 is 1.93 bits per heavy atom. The summed E-state index contributed by atoms with van der Waals surface area (Å²) < 4.78 is 0. The van der Waals surface area contributed by atoms with Gasteiger partial charge in [0.2, 0.25) is 17.7 Å². The number of carboxylic acids is 1. The Labute approximate surface area is 247 Å². The maximum atomic E-state index is 13.5. The molecule has 1 aromatic carbocycles. The van der Waals surface area contributed by atoms with Crippen LogP contribution in [0, 0.1) is 0 Å². The lowest BCUT2D eigenvalue weighted by Gasteiger charge is -2.25. The van der Waals surface area contributed by atoms with Crippen molar-refractivity contribution in [3.63, 3.8) is 0 Å². The van der Waals surface area contributed by atoms with Crippen LogP contribution in [0.3, 0.4) is 0 Å². The number of para-hydroxylation sites is 1. The Bertz CT molecular complexity index is 1300. The van der Waals surface area contributed by atoms with Gasteiger partial charge in [0.05, 0.1) is 6.61 Å². The van der Waals surface area contributed by atoms with Gasteiger partial charge in [-0.3, -0.25) is 24.4 Å². The lowest BCUT2D eigenvalue weighted by atomic mass is 10.0. The van der Waals surface area contributed by atoms with E-state index >= 15 is 0 Å². The fraction of sp³-hybridized carbons (Fsp3) is 0.462. The standard InChI is InChI=1S/C26H41N11O6/c27-16(13-38)21(39)35-18(7-3-9-32-25(28)29)22(40)37-20(11-14-12-34-17-6-2-1-5-15(14)17)23(41)36-19(24(42)43)8-4-10-33-26(30)31/h1-2,5-6,12,16,18-20,34,38H,3-4,7-11,13,27H2,(H,35,39)(H,36,41)(H,37,40)(H,42,43)(H4,28,29,32)(H4,30,31,33). The second kappa shape index (κ2) is 17.1. The molecule has 2 rings (SSSR count). The van der Waals surface area contributed by atoms with E-state index in [1.54, 1.807) is 6.20 Å². The van der Waals surface area contributed by atoms with Crippen LogP contribution in [-0.4, -0.2) is 94.7 Å². The van der Waals surface area contributed by atoms with Crippen molar-refractivity contribution in [1.82, 2.24) is 20.9 Å². The number of aliphatic carboxylic acids is 1. The van der Waals surface area contributed by atoms with Gasteiger partial charge >= 0.3 is 5.97 Å². The summed E-state index contributed by atoms with van der Waals surface area (Å²) in [7, 11) is 0. The van der Waals surface area contributed by atoms with Crippen LogP contribution in [-0.2, 0) is 25.6 Å². The summed E-state index contributed by atoms with van der Waals surface area (Å²) in [6.45, 7) is -0.332. The molecule has 0 radical (unpaired) electrons. The van der Waals surface area contributed by atoms with Crippen LogP contribution < -0.4 is 44.6 Å². The number of carbonyl (C=O) groups is 4. The van der Waals surface area contributed by atoms with Gasteiger partial charge in [-0.25, -0.2) is 4.79 Å². The molecule has 0 bridgehead atoms. The lowest BCUT2D eigenvalue weighted by molar-refractivity contribution is -0.142. The molecule has 0 aliphatic rings. The highest BCUT2D eigenvalue weighted by Gasteiger charge is 2.30. The van der Waals surface area contributed by atoms with E-state index in [1.807, 2.05) is 24.3 Å². The predicted octanol–water partition coefficient (Wildman–Crippen LogP) is -3.32. The Kier molecular flexibility index (Phi) is 13.7. The zero-order valence-corrected chi connectivity index (χ0v) is 23.7. The first kappa shape index (κ1) is 34.3. The number of hydrogen-bond donors (Lipinski definition) is 11. The SMILES string of the molecule is NC(N)=NCCCC(NC(=O)C(Cc1c[nH]c2ccccc12)NC(=O)C(CCCN=C(N)N)NC(=O)C(N)CO)C(=O)O. The molecule has 0 saturated heterocycles. The van der Waals surface area contributed by atoms with Crippen molar-refractivity contribution in [3.8, 4) is 0 Å². The van der Waals surface area contributed by atoms with E-state index in [9.17, 15) is 29.4 Å². The summed E-state index contributed by atoms with van der Waals surface area (Å²) >= 11 is 0. The highest BCUT2D eigenvalue weighted by atomic mass is 16.4. The van der Waals surface area contributed by atoms with Crippen LogP contribution >= 0.6 is 0 Å². The lowest BCUT2D eigenvalue weighted by Crippen LogP contribution is -2.58. The smallest absolute Gasteiger partial charge is 0.326 e. The van der Waals surface area contributed by atoms with Crippen molar-refractivity contribution in [2.45, 2.75) is 56.3 Å². The molecule has 1 aromatic heterocycles. The molecule has 16 N–H and O–H groups in total. The average molecular weight is 604 g/mol. The number of aromatic amines is 1. The first-order chi connectivity index (χ1) is 20.4. The predicted molar refractivity (Wildman–Crippen MR) is 160 cm³/mol. The molecule has 3 amide bonds. The van der Waals surface area contributed by atoms with E-state index < -0.39 is 54.5 Å². The minimum atomic E-state index is -1.29. The van der Waals surface area contributed by atoms with Gasteiger partial charge in [-0.15, -0.1) is 0 Å². The Morgan fingerprint density at radius 1 is 0.814 bits per heavy atom. The average Bonchev–Trinajstić information content (AvgIpc) is 3.37. The Morgan fingerprint density at radius 2 is 1.35 bits per heavy atom. The van der Waals surface area contributed by atoms with E-state index in [0.29, 0.717) is 5.56 Å². The first-order valence-electron chi connectivity index (χ1n) is 13.6. The van der Waals surface area contributed by atoms with E-state index in [-0.39, 0.29) is 57.1 Å². The molecular formula is C26H41N11O6. The number of hydrogen-bond acceptors (Lipinski definition) is 8. The topological polar surface area (TPSA) is 315 Å². The van der Waals surface area contributed by atoms with Crippen LogP contribution in [0.1, 0.15) is 31.2 Å². The van der Waals surface area contributed by atoms with Gasteiger partial charge in [-0.2, -0.15) is 0 Å². The molecule has 17 nitrogen and oxygen atoms in total. The molecule has 0 saturated carbocycles. The summed E-state index contributed by atoms with van der Waals surface area (Å²) in [6, 6.07) is 2.34. The van der Waals surface area contributed by atoms with Crippen molar-refractivity contribution < 1.29 is 29.4 Å². The van der Waals surface area contributed by atoms with Crippen LogP contribution in [0.25, 0.3) is 10.9 Å². The van der Waals surface area contributed by atoms with Crippen molar-refractivity contribution in [2.24, 2.45) is 38.7 Å². The largest absolute Gasteiger partial charge is 0.480 e. The van der Waals surface area contributed by atoms with Gasteiger partial charge in [-0.1, -0.05) is 18.2 Å². The van der Waals surface area contributed by atoms with Crippen molar-refractivity contribution in [1.29, 1.82) is 0 Å². The summed E-state index contributed by atoms with van der Waals surface area (Å²) in [5, 5.41) is 27.4. The molecule has 1 heterocycles. The number of aliphatic hydroxyl groups is 1. The number of nitrogens with zero attached hydrogens (tertiary/aromatic N) is 2. The molecule has 236 valence electrons. The van der Waals surface area contributed by atoms with E-state index in [2.05, 4.69) is 30.9 Å². The van der Waals surface area contributed by atoms with E-state index in [1.165, 1.54) is 0 Å². The number of guanidine groups is 2. The Hall–Kier alpha value is -4.90. The number of fused-ring (bicyclic) bond motifs is 1. The third-order valence-corrected chi connectivity index (χ3v) is 6.40. The van der Waals surface area contributed by atoms with Crippen molar-refractivity contribution in [3.05, 3.63) is 36.0 Å². The molecule has 43 heavy (non-hydrogen) atoms. The summed E-state index contributed by atoms with van der Waals surface area (Å²) in [5.74, 6) is -3.84. The third kappa shape index (κ3) is 11.5. The number of H-pyrrole nitrogens is 1. The maximum Gasteiger partial charge on any atom is 0.326 e. The number of carboxylic acid groups (broad SMARTS) is 1. The zero-order valence-electron chi connectivity index (χ0n) is 23.7. The molecule has 0 fully saturated rings. The van der Waals surface area contributed by atoms with Crippen molar-refractivity contribution in [2.75, 3.05) is 19.7 Å². The molecule has 0 spiro atoms. The molecule has 0 aliphatic carbocycles. The van der Waals surface area contributed by atoms with Gasteiger partial charge in [-0.05, 0) is 37.3 Å². The van der Waals surface area contributed by atoms with Gasteiger partial charge in [0.15, 0.2) is 11.9 Å². The number of rotatable bonds is 18. The number of aromatic nitrogens is 1. The van der Waals surface area contributed by atoms with E-state index in [0.717, 1.165) is 10.9 Å². The molecule has 2 aromatic rings. The molecular weight excluding hydrogens is 562 g/mol. The van der Waals surface area contributed by atoms with Crippen LogP contribution in [0.15, 0.2) is 40.4 Å².